The number of hydrogen-bond donors (Lipinski definition) is 2. The number of benzene rings is 1. The second kappa shape index (κ2) is 8.68. The van der Waals surface area contributed by atoms with Gasteiger partial charge in [-0.1, -0.05) is 6.07 Å². The van der Waals surface area contributed by atoms with Crippen molar-refractivity contribution in [2.24, 2.45) is 0 Å². The molecule has 2 aromatic rings. The van der Waals surface area contributed by atoms with E-state index in [2.05, 4.69) is 20.2 Å². The van der Waals surface area contributed by atoms with E-state index in [9.17, 15) is 13.6 Å². The number of carbonyl (C=O) groups is 1. The fraction of sp³-hybridized carbons (Fsp3) is 0.316. The Kier molecular flexibility index (Phi) is 6.08. The molecule has 0 spiro atoms. The summed E-state index contributed by atoms with van der Waals surface area (Å²) in [4.78, 5) is 21.1. The molecule has 8 heteroatoms. The second-order valence-corrected chi connectivity index (χ2v) is 6.41. The third-order valence-electron chi connectivity index (χ3n) is 4.41. The number of aliphatic carboxylic acids is 1. The Morgan fingerprint density at radius 3 is 2.89 bits per heavy atom. The molecule has 1 aliphatic heterocycles. The molecule has 1 aromatic heterocycles. The number of nitrogens with one attached hydrogen (secondary N) is 1. The standard InChI is InChI=1S/C19H20F2N4O2/c20-14-2-1-13(17(21)9-14)5-7-25-8-6-16(12-25)24-18-11-22-15(10-23-18)3-4-19(26)27/h1-4,9-11,16H,5-8,12H2,(H,23,24)(H,26,27)/b4-3+/t16-/m1/s1. The molecule has 0 bridgehead atoms. The van der Waals surface area contributed by atoms with Crippen LogP contribution < -0.4 is 5.32 Å². The molecular formula is C19H20F2N4O2. The summed E-state index contributed by atoms with van der Waals surface area (Å²) in [6.07, 6.45) is 6.92. The number of nitrogens with zero attached hydrogens (tertiary/aromatic N) is 3. The van der Waals surface area contributed by atoms with Crippen LogP contribution in [0, 0.1) is 11.6 Å². The van der Waals surface area contributed by atoms with Gasteiger partial charge in [0.05, 0.1) is 18.1 Å². The lowest BCUT2D eigenvalue weighted by Gasteiger charge is -2.17. The predicted molar refractivity (Wildman–Crippen MR) is 97.2 cm³/mol. The van der Waals surface area contributed by atoms with E-state index in [0.717, 1.165) is 31.7 Å². The maximum atomic E-state index is 13.7. The zero-order chi connectivity index (χ0) is 19.2. The number of carboxylic acid groups (broad SMARTS) is 1. The van der Waals surface area contributed by atoms with Crippen LogP contribution in [-0.4, -0.2) is 51.6 Å². The Morgan fingerprint density at radius 2 is 2.19 bits per heavy atom. The van der Waals surface area contributed by atoms with Crippen LogP contribution in [0.5, 0.6) is 0 Å². The van der Waals surface area contributed by atoms with Gasteiger partial charge in [0.1, 0.15) is 17.5 Å². The van der Waals surface area contributed by atoms with Gasteiger partial charge in [-0.05, 0) is 30.5 Å². The highest BCUT2D eigenvalue weighted by Crippen LogP contribution is 2.16. The van der Waals surface area contributed by atoms with Gasteiger partial charge in [0.25, 0.3) is 0 Å². The van der Waals surface area contributed by atoms with Crippen molar-refractivity contribution in [2.75, 3.05) is 25.0 Å². The zero-order valence-electron chi connectivity index (χ0n) is 14.6. The first-order chi connectivity index (χ1) is 13.0. The minimum atomic E-state index is -1.04. The maximum absolute atomic E-state index is 13.7. The Labute approximate surface area is 155 Å². The topological polar surface area (TPSA) is 78.3 Å². The highest BCUT2D eigenvalue weighted by molar-refractivity contribution is 5.84. The molecule has 0 saturated carbocycles. The van der Waals surface area contributed by atoms with E-state index in [4.69, 9.17) is 5.11 Å². The van der Waals surface area contributed by atoms with Gasteiger partial charge >= 0.3 is 5.97 Å². The van der Waals surface area contributed by atoms with E-state index in [0.29, 0.717) is 30.0 Å². The molecule has 1 fully saturated rings. The molecule has 1 saturated heterocycles. The highest BCUT2D eigenvalue weighted by atomic mass is 19.1. The Morgan fingerprint density at radius 1 is 1.33 bits per heavy atom. The summed E-state index contributed by atoms with van der Waals surface area (Å²) in [6.45, 7) is 2.38. The first-order valence-electron chi connectivity index (χ1n) is 8.65. The zero-order valence-corrected chi connectivity index (χ0v) is 14.6. The van der Waals surface area contributed by atoms with E-state index < -0.39 is 17.6 Å². The first-order valence-corrected chi connectivity index (χ1v) is 8.65. The summed E-state index contributed by atoms with van der Waals surface area (Å²) < 4.78 is 26.6. The predicted octanol–water partition coefficient (Wildman–Crippen LogP) is 2.58. The van der Waals surface area contributed by atoms with Gasteiger partial charge in [-0.25, -0.2) is 18.6 Å². The minimum Gasteiger partial charge on any atom is -0.478 e. The first kappa shape index (κ1) is 18.9. The molecule has 1 atom stereocenters. The lowest BCUT2D eigenvalue weighted by Crippen LogP contribution is -2.28. The lowest BCUT2D eigenvalue weighted by molar-refractivity contribution is -0.131. The number of anilines is 1. The molecule has 0 aliphatic carbocycles. The largest absolute Gasteiger partial charge is 0.478 e. The van der Waals surface area contributed by atoms with Crippen LogP contribution in [0.15, 0.2) is 36.7 Å². The van der Waals surface area contributed by atoms with Gasteiger partial charge in [0, 0.05) is 37.8 Å². The third kappa shape index (κ3) is 5.55. The summed E-state index contributed by atoms with van der Waals surface area (Å²) in [5, 5.41) is 11.9. The summed E-state index contributed by atoms with van der Waals surface area (Å²) in [7, 11) is 0. The van der Waals surface area contributed by atoms with E-state index in [1.54, 1.807) is 6.20 Å². The average molecular weight is 374 g/mol. The van der Waals surface area contributed by atoms with Crippen molar-refractivity contribution >= 4 is 17.9 Å². The van der Waals surface area contributed by atoms with Crippen molar-refractivity contribution in [2.45, 2.75) is 18.9 Å². The molecule has 1 aromatic carbocycles. The fourth-order valence-electron chi connectivity index (χ4n) is 3.02. The lowest BCUT2D eigenvalue weighted by atomic mass is 10.1. The average Bonchev–Trinajstić information content (AvgIpc) is 3.08. The van der Waals surface area contributed by atoms with E-state index in [-0.39, 0.29) is 6.04 Å². The molecule has 1 aliphatic rings. The molecule has 142 valence electrons. The number of rotatable bonds is 7. The molecule has 2 N–H and O–H groups in total. The number of likely N-dealkylation sites (tertiary alicyclic amines) is 1. The van der Waals surface area contributed by atoms with Gasteiger partial charge in [-0.3, -0.25) is 4.98 Å². The van der Waals surface area contributed by atoms with Gasteiger partial charge in [-0.15, -0.1) is 0 Å². The van der Waals surface area contributed by atoms with E-state index in [1.165, 1.54) is 24.4 Å². The van der Waals surface area contributed by atoms with Gasteiger partial charge in [0.15, 0.2) is 0 Å². The smallest absolute Gasteiger partial charge is 0.328 e. The monoisotopic (exact) mass is 374 g/mol. The van der Waals surface area contributed by atoms with Gasteiger partial charge in [0.2, 0.25) is 0 Å². The van der Waals surface area contributed by atoms with Crippen LogP contribution in [0.25, 0.3) is 6.08 Å². The Balaban J connectivity index is 1.47. The Hall–Kier alpha value is -2.87. The van der Waals surface area contributed by atoms with Crippen LogP contribution in [-0.2, 0) is 11.2 Å². The Bertz CT molecular complexity index is 827. The molecular weight excluding hydrogens is 354 g/mol. The van der Waals surface area contributed by atoms with Crippen LogP contribution >= 0.6 is 0 Å². The van der Waals surface area contributed by atoms with Gasteiger partial charge in [-0.2, -0.15) is 0 Å². The third-order valence-corrected chi connectivity index (χ3v) is 4.41. The summed E-state index contributed by atoms with van der Waals surface area (Å²) >= 11 is 0. The summed E-state index contributed by atoms with van der Waals surface area (Å²) in [5.74, 6) is -1.48. The molecule has 0 amide bonds. The molecule has 0 unspecified atom stereocenters. The van der Waals surface area contributed by atoms with Crippen molar-refractivity contribution in [3.8, 4) is 0 Å². The van der Waals surface area contributed by atoms with E-state index in [1.807, 2.05) is 0 Å². The van der Waals surface area contributed by atoms with Crippen LogP contribution in [0.1, 0.15) is 17.7 Å². The van der Waals surface area contributed by atoms with Crippen molar-refractivity contribution in [3.05, 3.63) is 59.6 Å². The molecule has 6 nitrogen and oxygen atoms in total. The summed E-state index contributed by atoms with van der Waals surface area (Å²) in [5.41, 5.74) is 0.987. The molecule has 27 heavy (non-hydrogen) atoms. The fourth-order valence-corrected chi connectivity index (χ4v) is 3.02. The van der Waals surface area contributed by atoms with Crippen LogP contribution in [0.3, 0.4) is 0 Å². The number of hydrogen-bond acceptors (Lipinski definition) is 5. The molecule has 3 rings (SSSR count). The normalized spacial score (nSPS) is 17.5. The van der Waals surface area contributed by atoms with E-state index >= 15 is 0 Å². The number of carboxylic acids is 1. The van der Waals surface area contributed by atoms with Crippen LogP contribution in [0.4, 0.5) is 14.6 Å². The van der Waals surface area contributed by atoms with Crippen molar-refractivity contribution in [3.63, 3.8) is 0 Å². The second-order valence-electron chi connectivity index (χ2n) is 6.41. The SMILES string of the molecule is O=C(O)/C=C/c1cnc(N[C@@H]2CCN(CCc3ccc(F)cc3F)C2)cn1. The highest BCUT2D eigenvalue weighted by Gasteiger charge is 2.22. The summed E-state index contributed by atoms with van der Waals surface area (Å²) in [6, 6.07) is 3.89. The quantitative estimate of drug-likeness (QED) is 0.726. The van der Waals surface area contributed by atoms with Gasteiger partial charge < -0.3 is 15.3 Å². The number of halogens is 2. The minimum absolute atomic E-state index is 0.206. The van der Waals surface area contributed by atoms with Crippen molar-refractivity contribution in [1.29, 1.82) is 0 Å². The number of aromatic nitrogens is 2. The van der Waals surface area contributed by atoms with Crippen molar-refractivity contribution in [1.82, 2.24) is 14.9 Å². The van der Waals surface area contributed by atoms with Crippen LogP contribution in [0.2, 0.25) is 0 Å². The maximum Gasteiger partial charge on any atom is 0.328 e. The van der Waals surface area contributed by atoms with Crippen molar-refractivity contribution < 1.29 is 18.7 Å². The molecule has 0 radical (unpaired) electrons. The molecule has 2 heterocycles.